The minimum absolute atomic E-state index is 0.0630. The second-order valence-corrected chi connectivity index (χ2v) is 22.5. The number of halogens is 3. The predicted molar refractivity (Wildman–Crippen MR) is 228 cm³/mol. The van der Waals surface area contributed by atoms with E-state index < -0.39 is 31.4 Å². The quantitative estimate of drug-likeness (QED) is 0.107. The molecule has 10 nitrogen and oxygen atoms in total. The maximum absolute atomic E-state index is 17.5. The van der Waals surface area contributed by atoms with Crippen LogP contribution in [-0.2, 0) is 0 Å². The molecule has 2 fully saturated rings. The number of fused-ring (bicyclic) bond motifs is 3. The molecule has 2 atom stereocenters. The molecule has 2 aliphatic rings. The van der Waals surface area contributed by atoms with Crippen LogP contribution in [0.5, 0.6) is 11.8 Å². The first-order valence-corrected chi connectivity index (χ1v) is 22.5. The lowest BCUT2D eigenvalue weighted by Gasteiger charge is -2.38. The van der Waals surface area contributed by atoms with Crippen LogP contribution in [0.3, 0.4) is 0 Å². The number of ether oxygens (including phenoxy) is 1. The molecule has 14 heteroatoms. The predicted octanol–water partition coefficient (Wildman–Crippen LogP) is 9.70. The molecule has 306 valence electrons. The standard InChI is InChI=1S/C45H49F3N8O2Si/c1-27(2)59(28(3)4,29(5)6)18-13-35-38(47)10-9-30-19-34(57)20-36(39(30)35)41-40(48)42-37(23-50-44(53-42)58-26-45-14-8-17-55(45)24-31(46)21-45)43(52-41)54(7)33-22-51-56(25-33)32-11-15-49-16-12-32/h9-12,15-16,19-20,22-23,25,27-29,31,57H,8,14,17,21,24,26H2,1-7H3/t31-,45+/m1/s1. The highest BCUT2D eigenvalue weighted by Gasteiger charge is 2.49. The molecule has 6 aromatic rings. The Morgan fingerprint density at radius 1 is 1.02 bits per heavy atom. The Balaban J connectivity index is 1.33. The van der Waals surface area contributed by atoms with Gasteiger partial charge < -0.3 is 14.7 Å². The molecule has 0 amide bonds. The third-order valence-electron chi connectivity index (χ3n) is 12.6. The van der Waals surface area contributed by atoms with Gasteiger partial charge in [-0.25, -0.2) is 27.8 Å². The first-order chi connectivity index (χ1) is 28.2. The lowest BCUT2D eigenvalue weighted by molar-refractivity contribution is 0.107. The average molecular weight is 819 g/mol. The van der Waals surface area contributed by atoms with Gasteiger partial charge in [-0.2, -0.15) is 10.1 Å². The molecule has 1 N–H and O–H groups in total. The summed E-state index contributed by atoms with van der Waals surface area (Å²) in [6, 6.07) is 9.39. The van der Waals surface area contributed by atoms with Gasteiger partial charge in [0.05, 0.1) is 40.3 Å². The molecule has 6 heterocycles. The zero-order valence-corrected chi connectivity index (χ0v) is 35.5. The maximum atomic E-state index is 17.5. The van der Waals surface area contributed by atoms with E-state index in [2.05, 4.69) is 78.0 Å². The van der Waals surface area contributed by atoms with Crippen molar-refractivity contribution >= 4 is 41.3 Å². The number of benzene rings is 2. The fourth-order valence-electron chi connectivity index (χ4n) is 9.76. The number of hydrogen-bond acceptors (Lipinski definition) is 9. The van der Waals surface area contributed by atoms with E-state index in [1.165, 1.54) is 24.4 Å². The normalized spacial score (nSPS) is 18.3. The number of alkyl halides is 1. The van der Waals surface area contributed by atoms with Crippen molar-refractivity contribution in [2.45, 2.75) is 89.1 Å². The largest absolute Gasteiger partial charge is 0.508 e. The first-order valence-electron chi connectivity index (χ1n) is 20.3. The summed E-state index contributed by atoms with van der Waals surface area (Å²) in [5.41, 5.74) is 5.43. The summed E-state index contributed by atoms with van der Waals surface area (Å²) >= 11 is 0. The van der Waals surface area contributed by atoms with Crippen LogP contribution in [0.15, 0.2) is 67.4 Å². The lowest BCUT2D eigenvalue weighted by Crippen LogP contribution is -2.43. The van der Waals surface area contributed by atoms with Crippen molar-refractivity contribution in [2.24, 2.45) is 0 Å². The molecule has 2 aliphatic heterocycles. The Bertz CT molecular complexity index is 2590. The summed E-state index contributed by atoms with van der Waals surface area (Å²) in [7, 11) is -0.564. The summed E-state index contributed by atoms with van der Waals surface area (Å²) in [5, 5.41) is 16.7. The molecular formula is C45H49F3N8O2Si. The van der Waals surface area contributed by atoms with Crippen molar-refractivity contribution in [1.29, 1.82) is 0 Å². The second kappa shape index (κ2) is 15.6. The van der Waals surface area contributed by atoms with Crippen molar-refractivity contribution in [2.75, 3.05) is 31.6 Å². The van der Waals surface area contributed by atoms with Crippen LogP contribution in [0.2, 0.25) is 16.6 Å². The van der Waals surface area contributed by atoms with Gasteiger partial charge in [0.25, 0.3) is 0 Å². The van der Waals surface area contributed by atoms with E-state index >= 15 is 8.78 Å². The SMILES string of the molecule is CC(C)[Si](C#Cc1c(F)ccc2cc(O)cc(-c3nc(N(C)c4cnn(-c5ccncc5)c4)c4cnc(OC[C@@]56CCCN5C[C@H](F)C6)nc4c3F)c12)(C(C)C)C(C)C. The van der Waals surface area contributed by atoms with Gasteiger partial charge in [-0.3, -0.25) is 9.88 Å². The van der Waals surface area contributed by atoms with Crippen LogP contribution in [0.25, 0.3) is 38.6 Å². The Morgan fingerprint density at radius 2 is 1.76 bits per heavy atom. The Morgan fingerprint density at radius 3 is 2.49 bits per heavy atom. The third kappa shape index (κ3) is 7.07. The summed E-state index contributed by atoms with van der Waals surface area (Å²) in [6.07, 6.45) is 9.40. The highest BCUT2D eigenvalue weighted by Crippen LogP contribution is 2.44. The highest BCUT2D eigenvalue weighted by molar-refractivity contribution is 6.90. The van der Waals surface area contributed by atoms with Crippen LogP contribution in [0.1, 0.15) is 66.4 Å². The number of rotatable bonds is 10. The second-order valence-electron chi connectivity index (χ2n) is 16.9. The van der Waals surface area contributed by atoms with Gasteiger partial charge in [0.1, 0.15) is 49.4 Å². The van der Waals surface area contributed by atoms with Gasteiger partial charge in [-0.15, -0.1) is 5.54 Å². The van der Waals surface area contributed by atoms with Crippen molar-refractivity contribution in [3.63, 3.8) is 0 Å². The zero-order chi connectivity index (χ0) is 41.8. The Labute approximate surface area is 343 Å². The number of anilines is 2. The molecule has 59 heavy (non-hydrogen) atoms. The number of nitrogens with zero attached hydrogens (tertiary/aromatic N) is 8. The lowest BCUT2D eigenvalue weighted by atomic mass is 9.95. The first kappa shape index (κ1) is 40.3. The van der Waals surface area contributed by atoms with Crippen molar-refractivity contribution in [3.05, 3.63) is 84.6 Å². The van der Waals surface area contributed by atoms with Gasteiger partial charge in [0, 0.05) is 49.6 Å². The highest BCUT2D eigenvalue weighted by atomic mass is 28.3. The molecule has 4 aromatic heterocycles. The number of aromatic nitrogens is 6. The van der Waals surface area contributed by atoms with E-state index in [1.54, 1.807) is 47.5 Å². The number of phenols is 1. The van der Waals surface area contributed by atoms with Crippen LogP contribution in [0.4, 0.5) is 24.7 Å². The van der Waals surface area contributed by atoms with Gasteiger partial charge in [0.15, 0.2) is 5.82 Å². The molecule has 0 bridgehead atoms. The Kier molecular flexibility index (Phi) is 10.6. The Hall–Kier alpha value is -5.52. The van der Waals surface area contributed by atoms with Crippen LogP contribution in [-0.4, -0.2) is 86.3 Å². The summed E-state index contributed by atoms with van der Waals surface area (Å²) < 4.78 is 56.2. The molecule has 0 unspecified atom stereocenters. The zero-order valence-electron chi connectivity index (χ0n) is 34.5. The van der Waals surface area contributed by atoms with Crippen LogP contribution < -0.4 is 9.64 Å². The molecule has 2 saturated heterocycles. The fourth-order valence-corrected chi connectivity index (χ4v) is 15.0. The van der Waals surface area contributed by atoms with E-state index in [0.29, 0.717) is 29.4 Å². The van der Waals surface area contributed by atoms with Gasteiger partial charge in [0.2, 0.25) is 0 Å². The molecule has 0 saturated carbocycles. The summed E-state index contributed by atoms with van der Waals surface area (Å²) in [5.74, 6) is 2.04. The van der Waals surface area contributed by atoms with E-state index in [0.717, 1.165) is 25.1 Å². The summed E-state index contributed by atoms with van der Waals surface area (Å²) in [6.45, 7) is 14.4. The van der Waals surface area contributed by atoms with E-state index in [9.17, 15) is 9.50 Å². The summed E-state index contributed by atoms with van der Waals surface area (Å²) in [4.78, 5) is 22.0. The number of aromatic hydroxyl groups is 1. The number of phenolic OH excluding ortho intramolecular Hbond substituents is 1. The van der Waals surface area contributed by atoms with Gasteiger partial charge in [-0.05, 0) is 71.7 Å². The molecule has 0 aliphatic carbocycles. The van der Waals surface area contributed by atoms with Gasteiger partial charge in [-0.1, -0.05) is 53.5 Å². The topological polar surface area (TPSA) is 105 Å². The van der Waals surface area contributed by atoms with E-state index in [-0.39, 0.29) is 68.5 Å². The van der Waals surface area contributed by atoms with Crippen LogP contribution >= 0.6 is 0 Å². The maximum Gasteiger partial charge on any atom is 0.317 e. The van der Waals surface area contributed by atoms with Crippen molar-refractivity contribution in [1.82, 2.24) is 34.6 Å². The number of pyridine rings is 2. The van der Waals surface area contributed by atoms with E-state index in [4.69, 9.17) is 9.72 Å². The van der Waals surface area contributed by atoms with Gasteiger partial charge >= 0.3 is 6.01 Å². The monoisotopic (exact) mass is 818 g/mol. The molecular weight excluding hydrogens is 770 g/mol. The fraction of sp³-hybridized carbons (Fsp3) is 0.400. The third-order valence-corrected chi connectivity index (χ3v) is 18.9. The van der Waals surface area contributed by atoms with Crippen molar-refractivity contribution < 1.29 is 23.0 Å². The minimum Gasteiger partial charge on any atom is -0.508 e. The smallest absolute Gasteiger partial charge is 0.317 e. The number of hydrogen-bond donors (Lipinski definition) is 1. The van der Waals surface area contributed by atoms with Crippen molar-refractivity contribution in [3.8, 4) is 40.2 Å². The van der Waals surface area contributed by atoms with Crippen LogP contribution in [0, 0.1) is 23.1 Å². The molecule has 8 rings (SSSR count). The molecule has 2 aromatic carbocycles. The minimum atomic E-state index is -2.34. The average Bonchev–Trinajstić information content (AvgIpc) is 3.93. The van der Waals surface area contributed by atoms with E-state index in [1.807, 2.05) is 12.1 Å². The molecule has 0 spiro atoms. The molecule has 0 radical (unpaired) electrons.